The van der Waals surface area contributed by atoms with E-state index >= 15 is 0 Å². The van der Waals surface area contributed by atoms with Gasteiger partial charge >= 0.3 is 0 Å². The third-order valence-corrected chi connectivity index (χ3v) is 4.93. The molecule has 0 fully saturated rings. The molecule has 0 unspecified atom stereocenters. The van der Waals surface area contributed by atoms with Crippen LogP contribution in [0.15, 0.2) is 77.8 Å². The lowest BCUT2D eigenvalue weighted by Gasteiger charge is -2.22. The van der Waals surface area contributed by atoms with E-state index in [0.717, 1.165) is 11.1 Å². The van der Waals surface area contributed by atoms with Crippen molar-refractivity contribution < 1.29 is 14.0 Å². The first-order valence-electron chi connectivity index (χ1n) is 9.58. The van der Waals surface area contributed by atoms with Gasteiger partial charge in [-0.05, 0) is 30.7 Å². The van der Waals surface area contributed by atoms with Gasteiger partial charge in [0.1, 0.15) is 18.9 Å². The van der Waals surface area contributed by atoms with E-state index in [4.69, 9.17) is 0 Å². The number of aliphatic imine (C=N–C) groups is 1. The molecular formula is C24H20FN3O2. The summed E-state index contributed by atoms with van der Waals surface area (Å²) >= 11 is 0. The quantitative estimate of drug-likeness (QED) is 0.719. The zero-order chi connectivity index (χ0) is 21.1. The number of para-hydroxylation sites is 1. The van der Waals surface area contributed by atoms with E-state index in [1.807, 2.05) is 48.5 Å². The summed E-state index contributed by atoms with van der Waals surface area (Å²) in [5, 5.41) is 2.66. The second kappa shape index (κ2) is 8.29. The number of nitrogens with zero attached hydrogens (tertiary/aromatic N) is 2. The van der Waals surface area contributed by atoms with Gasteiger partial charge in [-0.1, -0.05) is 54.6 Å². The molecule has 3 aromatic carbocycles. The van der Waals surface area contributed by atoms with Crippen LogP contribution in [0.1, 0.15) is 16.7 Å². The fourth-order valence-corrected chi connectivity index (χ4v) is 3.39. The van der Waals surface area contributed by atoms with E-state index in [1.165, 1.54) is 11.0 Å². The molecule has 2 amide bonds. The minimum atomic E-state index is -0.412. The number of carbonyl (C=O) groups excluding carboxylic acids is 2. The average molecular weight is 401 g/mol. The van der Waals surface area contributed by atoms with Gasteiger partial charge in [0, 0.05) is 16.8 Å². The van der Waals surface area contributed by atoms with Crippen molar-refractivity contribution >= 4 is 28.9 Å². The molecule has 1 aliphatic heterocycles. The van der Waals surface area contributed by atoms with Gasteiger partial charge in [0.05, 0.1) is 11.4 Å². The van der Waals surface area contributed by atoms with E-state index in [9.17, 15) is 14.0 Å². The summed E-state index contributed by atoms with van der Waals surface area (Å²) in [6, 6.07) is 21.5. The number of halogens is 1. The molecule has 4 rings (SSSR count). The van der Waals surface area contributed by atoms with E-state index in [0.29, 0.717) is 22.6 Å². The summed E-state index contributed by atoms with van der Waals surface area (Å²) in [7, 11) is 0. The van der Waals surface area contributed by atoms with Crippen molar-refractivity contribution in [2.24, 2.45) is 4.99 Å². The van der Waals surface area contributed by atoms with Crippen molar-refractivity contribution in [2.45, 2.75) is 6.92 Å². The lowest BCUT2D eigenvalue weighted by Crippen LogP contribution is -2.39. The minimum absolute atomic E-state index is 0.0641. The molecule has 6 heteroatoms. The largest absolute Gasteiger partial charge is 0.324 e. The monoisotopic (exact) mass is 401 g/mol. The number of hydrogen-bond acceptors (Lipinski definition) is 3. The van der Waals surface area contributed by atoms with Crippen LogP contribution in [0.3, 0.4) is 0 Å². The first-order valence-corrected chi connectivity index (χ1v) is 9.58. The molecule has 0 aliphatic carbocycles. The summed E-state index contributed by atoms with van der Waals surface area (Å²) in [6.07, 6.45) is 0. The molecule has 5 nitrogen and oxygen atoms in total. The fraction of sp³-hybridized carbons (Fsp3) is 0.125. The van der Waals surface area contributed by atoms with Crippen molar-refractivity contribution in [3.63, 3.8) is 0 Å². The summed E-state index contributed by atoms with van der Waals surface area (Å²) in [4.78, 5) is 31.4. The van der Waals surface area contributed by atoms with E-state index in [-0.39, 0.29) is 19.0 Å². The molecule has 0 spiro atoms. The smallest absolute Gasteiger partial charge is 0.249 e. The van der Waals surface area contributed by atoms with Crippen LogP contribution in [0.4, 0.5) is 15.8 Å². The number of carbonyl (C=O) groups is 2. The van der Waals surface area contributed by atoms with Crippen molar-refractivity contribution in [3.8, 4) is 0 Å². The van der Waals surface area contributed by atoms with Crippen molar-refractivity contribution in [1.82, 2.24) is 0 Å². The molecule has 1 heterocycles. The SMILES string of the molecule is Cc1ccc(NC(=O)CN2C(=O)CN=C(c3ccccc3)c3ccccc32)cc1F. The Balaban J connectivity index is 1.62. The van der Waals surface area contributed by atoms with Gasteiger partial charge in [0.25, 0.3) is 0 Å². The van der Waals surface area contributed by atoms with Crippen LogP contribution in [-0.4, -0.2) is 30.6 Å². The van der Waals surface area contributed by atoms with Gasteiger partial charge in [-0.15, -0.1) is 0 Å². The van der Waals surface area contributed by atoms with Crippen molar-refractivity contribution in [2.75, 3.05) is 23.3 Å². The molecule has 1 N–H and O–H groups in total. The Morgan fingerprint density at radius 2 is 1.80 bits per heavy atom. The van der Waals surface area contributed by atoms with Crippen LogP contribution < -0.4 is 10.2 Å². The summed E-state index contributed by atoms with van der Waals surface area (Å²) in [5.74, 6) is -1.09. The van der Waals surface area contributed by atoms with Crippen molar-refractivity contribution in [3.05, 3.63) is 95.3 Å². The van der Waals surface area contributed by atoms with Gasteiger partial charge < -0.3 is 10.2 Å². The predicted molar refractivity (Wildman–Crippen MR) is 116 cm³/mol. The highest BCUT2D eigenvalue weighted by atomic mass is 19.1. The Bertz CT molecular complexity index is 1140. The van der Waals surface area contributed by atoms with Crippen molar-refractivity contribution in [1.29, 1.82) is 0 Å². The maximum Gasteiger partial charge on any atom is 0.249 e. The number of amides is 2. The molecule has 0 radical (unpaired) electrons. The van der Waals surface area contributed by atoms with E-state index in [1.54, 1.807) is 25.1 Å². The van der Waals surface area contributed by atoms with Gasteiger partial charge in [-0.3, -0.25) is 14.6 Å². The number of benzodiazepines with no additional fused rings is 1. The van der Waals surface area contributed by atoms with Gasteiger partial charge in [-0.25, -0.2) is 4.39 Å². The van der Waals surface area contributed by atoms with E-state index in [2.05, 4.69) is 10.3 Å². The Hall–Kier alpha value is -3.80. The number of anilines is 2. The molecular weight excluding hydrogens is 381 g/mol. The Morgan fingerprint density at radius 1 is 1.07 bits per heavy atom. The maximum absolute atomic E-state index is 13.8. The minimum Gasteiger partial charge on any atom is -0.324 e. The number of nitrogens with one attached hydrogen (secondary N) is 1. The standard InChI is InChI=1S/C24H20FN3O2/c1-16-11-12-18(13-20(16)25)27-22(29)15-28-21-10-6-5-9-19(21)24(26-14-23(28)30)17-7-3-2-4-8-17/h2-13H,14-15H2,1H3,(H,27,29). The second-order valence-corrected chi connectivity index (χ2v) is 7.04. The Morgan fingerprint density at radius 3 is 2.57 bits per heavy atom. The Kier molecular flexibility index (Phi) is 5.39. The molecule has 1 aliphatic rings. The molecule has 0 aromatic heterocycles. The first kappa shape index (κ1) is 19.5. The molecule has 3 aromatic rings. The number of aryl methyl sites for hydroxylation is 1. The van der Waals surface area contributed by atoms with Gasteiger partial charge in [-0.2, -0.15) is 0 Å². The van der Waals surface area contributed by atoms with Crippen LogP contribution in [0.25, 0.3) is 0 Å². The topological polar surface area (TPSA) is 61.8 Å². The highest BCUT2D eigenvalue weighted by molar-refractivity contribution is 6.20. The summed E-state index contributed by atoms with van der Waals surface area (Å²) in [6.45, 7) is 1.40. The van der Waals surface area contributed by atoms with Crippen LogP contribution in [0, 0.1) is 12.7 Å². The molecule has 0 saturated heterocycles. The maximum atomic E-state index is 13.8. The molecule has 30 heavy (non-hydrogen) atoms. The third-order valence-electron chi connectivity index (χ3n) is 4.93. The molecule has 0 atom stereocenters. The highest BCUT2D eigenvalue weighted by Crippen LogP contribution is 2.27. The Labute approximate surface area is 173 Å². The lowest BCUT2D eigenvalue weighted by atomic mass is 10.0. The zero-order valence-corrected chi connectivity index (χ0v) is 16.4. The molecule has 0 bridgehead atoms. The number of rotatable bonds is 4. The number of fused-ring (bicyclic) bond motifs is 1. The van der Waals surface area contributed by atoms with Crippen LogP contribution in [0.5, 0.6) is 0 Å². The van der Waals surface area contributed by atoms with Crippen LogP contribution in [-0.2, 0) is 9.59 Å². The van der Waals surface area contributed by atoms with E-state index < -0.39 is 11.7 Å². The van der Waals surface area contributed by atoms with Crippen LogP contribution in [0.2, 0.25) is 0 Å². The number of benzene rings is 3. The fourth-order valence-electron chi connectivity index (χ4n) is 3.39. The third kappa shape index (κ3) is 3.98. The zero-order valence-electron chi connectivity index (χ0n) is 16.4. The van der Waals surface area contributed by atoms with Gasteiger partial charge in [0.15, 0.2) is 0 Å². The molecule has 150 valence electrons. The predicted octanol–water partition coefficient (Wildman–Crippen LogP) is 3.96. The first-order chi connectivity index (χ1) is 14.5. The summed E-state index contributed by atoms with van der Waals surface area (Å²) < 4.78 is 13.8. The molecule has 0 saturated carbocycles. The summed E-state index contributed by atoms with van der Waals surface area (Å²) in [5.41, 5.74) is 3.86. The van der Waals surface area contributed by atoms with Gasteiger partial charge in [0.2, 0.25) is 11.8 Å². The normalized spacial score (nSPS) is 13.3. The van der Waals surface area contributed by atoms with Crippen LogP contribution >= 0.6 is 0 Å². The number of hydrogen-bond donors (Lipinski definition) is 1. The lowest BCUT2D eigenvalue weighted by molar-refractivity contribution is -0.120. The second-order valence-electron chi connectivity index (χ2n) is 7.04. The average Bonchev–Trinajstić information content (AvgIpc) is 2.88. The highest BCUT2D eigenvalue weighted by Gasteiger charge is 2.26.